The zero-order valence-corrected chi connectivity index (χ0v) is 12.2. The highest BCUT2D eigenvalue weighted by molar-refractivity contribution is 7.99. The fourth-order valence-electron chi connectivity index (χ4n) is 2.02. The van der Waals surface area contributed by atoms with E-state index in [1.54, 1.807) is 0 Å². The standard InChI is InChI=1S/C15H15N3OS/c1-9-10(2)19-15(17-9)20-14-7-11(8-16)12-5-3-4-6-13(12)18-14/h3-7H,8,16H2,1-2H3. The molecule has 2 heterocycles. The number of nitrogens with two attached hydrogens (primary N) is 1. The maximum Gasteiger partial charge on any atom is 0.262 e. The third-order valence-corrected chi connectivity index (χ3v) is 3.97. The Bertz CT molecular complexity index is 747. The minimum Gasteiger partial charge on any atom is -0.436 e. The summed E-state index contributed by atoms with van der Waals surface area (Å²) in [5.74, 6) is 0.840. The number of nitrogens with zero attached hydrogens (tertiary/aromatic N) is 2. The number of hydrogen-bond acceptors (Lipinski definition) is 5. The molecule has 20 heavy (non-hydrogen) atoms. The van der Waals surface area contributed by atoms with Crippen LogP contribution >= 0.6 is 11.8 Å². The molecular weight excluding hydrogens is 270 g/mol. The third-order valence-electron chi connectivity index (χ3n) is 3.20. The SMILES string of the molecule is Cc1nc(Sc2cc(CN)c3ccccc3n2)oc1C. The zero-order valence-electron chi connectivity index (χ0n) is 11.4. The molecule has 0 amide bonds. The average Bonchev–Trinajstić information content (AvgIpc) is 2.76. The van der Waals surface area contributed by atoms with Crippen molar-refractivity contribution in [3.05, 3.63) is 47.3 Å². The first-order valence-electron chi connectivity index (χ1n) is 6.38. The molecule has 0 aliphatic rings. The Balaban J connectivity index is 2.03. The summed E-state index contributed by atoms with van der Waals surface area (Å²) < 4.78 is 5.58. The Morgan fingerprint density at radius 1 is 1.20 bits per heavy atom. The maximum absolute atomic E-state index is 5.83. The van der Waals surface area contributed by atoms with E-state index in [2.05, 4.69) is 9.97 Å². The van der Waals surface area contributed by atoms with Gasteiger partial charge in [-0.2, -0.15) is 0 Å². The van der Waals surface area contributed by atoms with Crippen molar-refractivity contribution in [2.24, 2.45) is 5.73 Å². The first kappa shape index (κ1) is 13.1. The van der Waals surface area contributed by atoms with E-state index in [1.807, 2.05) is 44.2 Å². The molecule has 0 atom stereocenters. The normalized spacial score (nSPS) is 11.2. The molecule has 1 aromatic carbocycles. The maximum atomic E-state index is 5.83. The van der Waals surface area contributed by atoms with Gasteiger partial charge in [-0.15, -0.1) is 0 Å². The average molecular weight is 285 g/mol. The van der Waals surface area contributed by atoms with Crippen LogP contribution in [0.1, 0.15) is 17.0 Å². The highest BCUT2D eigenvalue weighted by Gasteiger charge is 2.10. The van der Waals surface area contributed by atoms with Gasteiger partial charge in [0, 0.05) is 11.9 Å². The van der Waals surface area contributed by atoms with Crippen LogP contribution in [0.3, 0.4) is 0 Å². The topological polar surface area (TPSA) is 64.9 Å². The number of oxazole rings is 1. The molecule has 0 bridgehead atoms. The highest BCUT2D eigenvalue weighted by atomic mass is 32.2. The molecule has 0 aliphatic heterocycles. The molecule has 102 valence electrons. The molecule has 0 aliphatic carbocycles. The molecule has 2 aromatic heterocycles. The van der Waals surface area contributed by atoms with Crippen molar-refractivity contribution in [2.75, 3.05) is 0 Å². The smallest absolute Gasteiger partial charge is 0.262 e. The van der Waals surface area contributed by atoms with E-state index in [4.69, 9.17) is 10.2 Å². The monoisotopic (exact) mass is 285 g/mol. The van der Waals surface area contributed by atoms with E-state index in [-0.39, 0.29) is 0 Å². The minimum atomic E-state index is 0.486. The molecule has 0 fully saturated rings. The third kappa shape index (κ3) is 2.42. The predicted molar refractivity (Wildman–Crippen MR) is 79.7 cm³/mol. The van der Waals surface area contributed by atoms with Gasteiger partial charge in [-0.05, 0) is 43.3 Å². The van der Waals surface area contributed by atoms with Crippen LogP contribution < -0.4 is 5.73 Å². The second-order valence-corrected chi connectivity index (χ2v) is 5.54. The lowest BCUT2D eigenvalue weighted by Gasteiger charge is -2.06. The van der Waals surface area contributed by atoms with Crippen LogP contribution in [0.2, 0.25) is 0 Å². The Morgan fingerprint density at radius 2 is 2.00 bits per heavy atom. The summed E-state index contributed by atoms with van der Waals surface area (Å²) in [6, 6.07) is 10.0. The van der Waals surface area contributed by atoms with Crippen molar-refractivity contribution >= 4 is 22.7 Å². The fourth-order valence-corrected chi connectivity index (χ4v) is 2.89. The molecule has 0 radical (unpaired) electrons. The molecule has 3 rings (SSSR count). The van der Waals surface area contributed by atoms with Crippen molar-refractivity contribution in [3.8, 4) is 0 Å². The van der Waals surface area contributed by atoms with Gasteiger partial charge in [0.1, 0.15) is 10.8 Å². The molecular formula is C15H15N3OS. The van der Waals surface area contributed by atoms with E-state index in [1.165, 1.54) is 11.8 Å². The largest absolute Gasteiger partial charge is 0.436 e. The summed E-state index contributed by atoms with van der Waals surface area (Å²) >= 11 is 1.42. The molecule has 0 unspecified atom stereocenters. The van der Waals surface area contributed by atoms with Crippen molar-refractivity contribution < 1.29 is 4.42 Å². The van der Waals surface area contributed by atoms with Crippen molar-refractivity contribution in [2.45, 2.75) is 30.6 Å². The van der Waals surface area contributed by atoms with Gasteiger partial charge < -0.3 is 10.2 Å². The van der Waals surface area contributed by atoms with Gasteiger partial charge in [-0.1, -0.05) is 18.2 Å². The predicted octanol–water partition coefficient (Wildman–Crippen LogP) is 3.45. The van der Waals surface area contributed by atoms with E-state index < -0.39 is 0 Å². The summed E-state index contributed by atoms with van der Waals surface area (Å²) in [6.07, 6.45) is 0. The molecule has 4 nitrogen and oxygen atoms in total. The second-order valence-electron chi connectivity index (χ2n) is 4.56. The summed E-state index contributed by atoms with van der Waals surface area (Å²) in [6.45, 7) is 4.33. The number of para-hydroxylation sites is 1. The van der Waals surface area contributed by atoms with Crippen LogP contribution in [0.5, 0.6) is 0 Å². The lowest BCUT2D eigenvalue weighted by molar-refractivity contribution is 0.431. The van der Waals surface area contributed by atoms with Crippen LogP contribution in [-0.2, 0) is 6.54 Å². The Kier molecular flexibility index (Phi) is 3.46. The number of rotatable bonds is 3. The molecule has 2 N–H and O–H groups in total. The van der Waals surface area contributed by atoms with Crippen LogP contribution in [0.4, 0.5) is 0 Å². The van der Waals surface area contributed by atoms with Gasteiger partial charge in [0.2, 0.25) is 0 Å². The van der Waals surface area contributed by atoms with E-state index in [0.717, 1.165) is 32.9 Å². The molecule has 0 spiro atoms. The summed E-state index contributed by atoms with van der Waals surface area (Å²) in [5.41, 5.74) is 8.76. The van der Waals surface area contributed by atoms with Crippen LogP contribution in [0.25, 0.3) is 10.9 Å². The number of fused-ring (bicyclic) bond motifs is 1. The van der Waals surface area contributed by atoms with Crippen molar-refractivity contribution in [1.82, 2.24) is 9.97 Å². The van der Waals surface area contributed by atoms with Gasteiger partial charge in [0.05, 0.1) is 11.2 Å². The quantitative estimate of drug-likeness (QED) is 0.798. The first-order valence-corrected chi connectivity index (χ1v) is 7.19. The number of hydrogen-bond donors (Lipinski definition) is 1. The number of benzene rings is 1. The summed E-state index contributed by atoms with van der Waals surface area (Å²) in [4.78, 5) is 8.99. The van der Waals surface area contributed by atoms with Crippen LogP contribution in [0, 0.1) is 13.8 Å². The van der Waals surface area contributed by atoms with Gasteiger partial charge in [0.15, 0.2) is 0 Å². The molecule has 3 aromatic rings. The molecule has 0 saturated heterocycles. The van der Waals surface area contributed by atoms with Crippen molar-refractivity contribution in [3.63, 3.8) is 0 Å². The summed E-state index contributed by atoms with van der Waals surface area (Å²) in [5, 5.41) is 2.57. The highest BCUT2D eigenvalue weighted by Crippen LogP contribution is 2.30. The van der Waals surface area contributed by atoms with Crippen LogP contribution in [-0.4, -0.2) is 9.97 Å². The zero-order chi connectivity index (χ0) is 14.1. The lowest BCUT2D eigenvalue weighted by Crippen LogP contribution is -1.99. The van der Waals surface area contributed by atoms with Crippen molar-refractivity contribution in [1.29, 1.82) is 0 Å². The number of aromatic nitrogens is 2. The molecule has 0 saturated carbocycles. The number of aryl methyl sites for hydroxylation is 2. The first-order chi connectivity index (χ1) is 9.67. The van der Waals surface area contributed by atoms with Gasteiger partial charge in [-0.3, -0.25) is 0 Å². The Labute approximate surface area is 121 Å². The summed E-state index contributed by atoms with van der Waals surface area (Å²) in [7, 11) is 0. The van der Waals surface area contributed by atoms with Crippen LogP contribution in [0.15, 0.2) is 45.0 Å². The lowest BCUT2D eigenvalue weighted by atomic mass is 10.1. The van der Waals surface area contributed by atoms with Gasteiger partial charge >= 0.3 is 0 Å². The fraction of sp³-hybridized carbons (Fsp3) is 0.200. The minimum absolute atomic E-state index is 0.486. The van der Waals surface area contributed by atoms with Gasteiger partial charge in [0.25, 0.3) is 5.22 Å². The number of pyridine rings is 1. The van der Waals surface area contributed by atoms with E-state index >= 15 is 0 Å². The van der Waals surface area contributed by atoms with E-state index in [9.17, 15) is 0 Å². The second kappa shape index (κ2) is 5.26. The Morgan fingerprint density at radius 3 is 2.70 bits per heavy atom. The molecule has 5 heteroatoms. The van der Waals surface area contributed by atoms with Gasteiger partial charge in [-0.25, -0.2) is 9.97 Å². The Hall–Kier alpha value is -1.85. The van der Waals surface area contributed by atoms with E-state index in [0.29, 0.717) is 11.8 Å².